The van der Waals surface area contributed by atoms with Gasteiger partial charge in [0, 0.05) is 13.2 Å². The van der Waals surface area contributed by atoms with E-state index in [4.69, 9.17) is 11.6 Å². The summed E-state index contributed by atoms with van der Waals surface area (Å²) >= 11 is 9.26. The average Bonchev–Trinajstić information content (AvgIpc) is 2.41. The summed E-state index contributed by atoms with van der Waals surface area (Å²) in [4.78, 5) is 8.29. The van der Waals surface area contributed by atoms with E-state index in [1.807, 2.05) is 11.6 Å². The maximum atomic E-state index is 5.98. The summed E-state index contributed by atoms with van der Waals surface area (Å²) in [5.41, 5.74) is 1.52. The average molecular weight is 246 g/mol. The summed E-state index contributed by atoms with van der Waals surface area (Å²) in [6, 6.07) is 0. The van der Waals surface area contributed by atoms with Crippen molar-refractivity contribution in [2.45, 2.75) is 0 Å². The molecule has 0 N–H and O–H groups in total. The van der Waals surface area contributed by atoms with Gasteiger partial charge in [-0.3, -0.25) is 0 Å². The molecule has 0 saturated heterocycles. The summed E-state index contributed by atoms with van der Waals surface area (Å²) in [5.74, 6) is 0. The topological polar surface area (TPSA) is 30.7 Å². The number of halogens is 2. The molecule has 2 heterocycles. The van der Waals surface area contributed by atoms with Crippen LogP contribution in [0.1, 0.15) is 0 Å². The predicted octanol–water partition coefficient (Wildman–Crippen LogP) is 2.38. The Hall–Kier alpha value is -0.610. The predicted molar refractivity (Wildman–Crippen MR) is 51.2 cm³/mol. The van der Waals surface area contributed by atoms with E-state index in [2.05, 4.69) is 25.9 Å². The lowest BCUT2D eigenvalue weighted by Crippen LogP contribution is -1.87. The summed E-state index contributed by atoms with van der Waals surface area (Å²) in [5, 5.41) is 0.612. The smallest absolute Gasteiger partial charge is 0.161 e. The second-order valence-corrected chi connectivity index (χ2v) is 3.68. The van der Waals surface area contributed by atoms with E-state index in [9.17, 15) is 0 Å². The van der Waals surface area contributed by atoms with Crippen molar-refractivity contribution in [1.82, 2.24) is 14.5 Å². The molecule has 2 aromatic heterocycles. The van der Waals surface area contributed by atoms with Crippen molar-refractivity contribution < 1.29 is 0 Å². The van der Waals surface area contributed by atoms with Crippen LogP contribution in [-0.2, 0) is 7.05 Å². The van der Waals surface area contributed by atoms with Crippen molar-refractivity contribution in [1.29, 1.82) is 0 Å². The van der Waals surface area contributed by atoms with E-state index in [0.717, 1.165) is 15.6 Å². The highest BCUT2D eigenvalue weighted by Gasteiger charge is 2.07. The van der Waals surface area contributed by atoms with Gasteiger partial charge in [0.05, 0.1) is 15.8 Å². The molecule has 0 atom stereocenters. The third kappa shape index (κ3) is 1.03. The van der Waals surface area contributed by atoms with Gasteiger partial charge < -0.3 is 4.57 Å². The third-order valence-corrected chi connectivity index (χ3v) is 2.84. The first-order valence-electron chi connectivity index (χ1n) is 3.31. The SMILES string of the molecule is Cn1cnc2c(Cl)c(Br)cnc21. The Labute approximate surface area is 82.5 Å². The van der Waals surface area contributed by atoms with E-state index in [-0.39, 0.29) is 0 Å². The number of aryl methyl sites for hydroxylation is 1. The molecule has 0 spiro atoms. The van der Waals surface area contributed by atoms with Crippen molar-refractivity contribution in [3.8, 4) is 0 Å². The van der Waals surface area contributed by atoms with Crippen LogP contribution >= 0.6 is 27.5 Å². The monoisotopic (exact) mass is 245 g/mol. The fourth-order valence-corrected chi connectivity index (χ4v) is 1.49. The largest absolute Gasteiger partial charge is 0.318 e. The highest BCUT2D eigenvalue weighted by atomic mass is 79.9. The van der Waals surface area contributed by atoms with Crippen molar-refractivity contribution >= 4 is 38.7 Å². The molecule has 0 bridgehead atoms. The van der Waals surface area contributed by atoms with Crippen LogP contribution in [0, 0.1) is 0 Å². The lowest BCUT2D eigenvalue weighted by molar-refractivity contribution is 0.930. The van der Waals surface area contributed by atoms with Gasteiger partial charge in [0.25, 0.3) is 0 Å². The van der Waals surface area contributed by atoms with Gasteiger partial charge in [-0.2, -0.15) is 0 Å². The number of pyridine rings is 1. The van der Waals surface area contributed by atoms with E-state index in [0.29, 0.717) is 5.02 Å². The molecule has 0 saturated carbocycles. The molecule has 12 heavy (non-hydrogen) atoms. The van der Waals surface area contributed by atoms with Gasteiger partial charge in [-0.1, -0.05) is 11.6 Å². The fourth-order valence-electron chi connectivity index (χ4n) is 1.02. The van der Waals surface area contributed by atoms with Crippen molar-refractivity contribution in [2.24, 2.45) is 7.05 Å². The Morgan fingerprint density at radius 2 is 2.25 bits per heavy atom. The van der Waals surface area contributed by atoms with Crippen LogP contribution in [-0.4, -0.2) is 14.5 Å². The van der Waals surface area contributed by atoms with E-state index in [1.54, 1.807) is 12.5 Å². The fraction of sp³-hybridized carbons (Fsp3) is 0.143. The highest BCUT2D eigenvalue weighted by Crippen LogP contribution is 2.27. The van der Waals surface area contributed by atoms with Crippen LogP contribution in [0.5, 0.6) is 0 Å². The van der Waals surface area contributed by atoms with Crippen LogP contribution in [0.2, 0.25) is 5.02 Å². The number of aromatic nitrogens is 3. The second kappa shape index (κ2) is 2.71. The first-order valence-corrected chi connectivity index (χ1v) is 4.48. The molecule has 0 amide bonds. The first kappa shape index (κ1) is 8.01. The Morgan fingerprint density at radius 1 is 1.50 bits per heavy atom. The third-order valence-electron chi connectivity index (χ3n) is 1.62. The first-order chi connectivity index (χ1) is 5.70. The lowest BCUT2D eigenvalue weighted by atomic mass is 10.4. The number of fused-ring (bicyclic) bond motifs is 1. The number of imidazole rings is 1. The molecule has 0 aromatic carbocycles. The van der Waals surface area contributed by atoms with Gasteiger partial charge in [-0.05, 0) is 15.9 Å². The Bertz CT molecular complexity index is 437. The normalized spacial score (nSPS) is 10.9. The minimum Gasteiger partial charge on any atom is -0.318 e. The Balaban J connectivity index is 2.93. The standard InChI is InChI=1S/C7H5BrClN3/c1-12-3-11-6-5(9)4(8)2-10-7(6)12/h2-3H,1H3. The van der Waals surface area contributed by atoms with Crippen molar-refractivity contribution in [3.63, 3.8) is 0 Å². The second-order valence-electron chi connectivity index (χ2n) is 2.45. The number of hydrogen-bond acceptors (Lipinski definition) is 2. The molecule has 0 aliphatic heterocycles. The van der Waals surface area contributed by atoms with Crippen LogP contribution < -0.4 is 0 Å². The molecule has 0 radical (unpaired) electrons. The van der Waals surface area contributed by atoms with Gasteiger partial charge >= 0.3 is 0 Å². The highest BCUT2D eigenvalue weighted by molar-refractivity contribution is 9.10. The summed E-state index contributed by atoms with van der Waals surface area (Å²) in [7, 11) is 1.88. The molecule has 2 aromatic rings. The molecular weight excluding hydrogens is 241 g/mol. The molecule has 0 aliphatic carbocycles. The zero-order valence-corrected chi connectivity index (χ0v) is 8.59. The summed E-state index contributed by atoms with van der Waals surface area (Å²) in [6.45, 7) is 0. The summed E-state index contributed by atoms with van der Waals surface area (Å²) < 4.78 is 2.60. The molecule has 0 fully saturated rings. The number of nitrogens with zero attached hydrogens (tertiary/aromatic N) is 3. The molecule has 62 valence electrons. The van der Waals surface area contributed by atoms with Crippen molar-refractivity contribution in [2.75, 3.05) is 0 Å². The molecule has 0 unspecified atom stereocenters. The van der Waals surface area contributed by atoms with Crippen LogP contribution in [0.15, 0.2) is 17.0 Å². The maximum absolute atomic E-state index is 5.98. The minimum absolute atomic E-state index is 0.612. The zero-order valence-electron chi connectivity index (χ0n) is 6.25. The van der Waals surface area contributed by atoms with E-state index >= 15 is 0 Å². The molecule has 5 heteroatoms. The minimum atomic E-state index is 0.612. The van der Waals surface area contributed by atoms with Gasteiger partial charge in [0.15, 0.2) is 5.65 Å². The number of hydrogen-bond donors (Lipinski definition) is 0. The molecule has 2 rings (SSSR count). The number of rotatable bonds is 0. The quantitative estimate of drug-likeness (QED) is 0.714. The van der Waals surface area contributed by atoms with E-state index in [1.165, 1.54) is 0 Å². The Morgan fingerprint density at radius 3 is 3.00 bits per heavy atom. The molecule has 3 nitrogen and oxygen atoms in total. The van der Waals surface area contributed by atoms with Crippen LogP contribution in [0.25, 0.3) is 11.2 Å². The molecular formula is C7H5BrClN3. The van der Waals surface area contributed by atoms with Gasteiger partial charge in [-0.25, -0.2) is 9.97 Å². The van der Waals surface area contributed by atoms with Gasteiger partial charge in [0.2, 0.25) is 0 Å². The zero-order chi connectivity index (χ0) is 8.72. The Kier molecular flexibility index (Phi) is 1.81. The van der Waals surface area contributed by atoms with E-state index < -0.39 is 0 Å². The summed E-state index contributed by atoms with van der Waals surface area (Å²) in [6.07, 6.45) is 3.36. The van der Waals surface area contributed by atoms with Gasteiger partial charge in [-0.15, -0.1) is 0 Å². The van der Waals surface area contributed by atoms with Crippen LogP contribution in [0.4, 0.5) is 0 Å². The van der Waals surface area contributed by atoms with Gasteiger partial charge in [0.1, 0.15) is 5.52 Å². The lowest BCUT2D eigenvalue weighted by Gasteiger charge is -1.96. The van der Waals surface area contributed by atoms with Crippen LogP contribution in [0.3, 0.4) is 0 Å². The molecule has 0 aliphatic rings. The maximum Gasteiger partial charge on any atom is 0.161 e. The van der Waals surface area contributed by atoms with Crippen molar-refractivity contribution in [3.05, 3.63) is 22.0 Å².